The Balaban J connectivity index is 2.07. The van der Waals surface area contributed by atoms with Gasteiger partial charge in [-0.2, -0.15) is 5.26 Å². The second kappa shape index (κ2) is 4.68. The normalized spacial score (nSPS) is 32.2. The average molecular weight is 234 g/mol. The number of nitriles is 1. The summed E-state index contributed by atoms with van der Waals surface area (Å²) < 4.78 is 0. The quantitative estimate of drug-likeness (QED) is 0.700. The fraction of sp³-hybridized carbons (Fsp3) is 0.857. The molecule has 1 heterocycles. The Hall–Kier alpha value is -1.04. The third-order valence-electron chi connectivity index (χ3n) is 4.70. The van der Waals surface area contributed by atoms with Crippen molar-refractivity contribution < 1.29 is 4.79 Å². The molecular formula is C14H22N2O. The topological polar surface area (TPSA) is 44.1 Å². The Bertz CT molecular complexity index is 339. The second-order valence-electron chi connectivity index (χ2n) is 5.90. The molecule has 2 rings (SSSR count). The van der Waals surface area contributed by atoms with E-state index >= 15 is 0 Å². The molecule has 3 nitrogen and oxygen atoms in total. The van der Waals surface area contributed by atoms with E-state index in [2.05, 4.69) is 19.9 Å². The van der Waals surface area contributed by atoms with Gasteiger partial charge in [0.25, 0.3) is 0 Å². The third-order valence-corrected chi connectivity index (χ3v) is 4.70. The number of amides is 1. The van der Waals surface area contributed by atoms with Gasteiger partial charge in [0.15, 0.2) is 0 Å². The molecule has 3 heteroatoms. The predicted molar refractivity (Wildman–Crippen MR) is 66.0 cm³/mol. The molecule has 0 bridgehead atoms. The fourth-order valence-electron chi connectivity index (χ4n) is 3.10. The molecule has 1 saturated carbocycles. The molecule has 2 atom stereocenters. The van der Waals surface area contributed by atoms with Crippen molar-refractivity contribution >= 4 is 5.91 Å². The zero-order valence-electron chi connectivity index (χ0n) is 10.9. The van der Waals surface area contributed by atoms with Crippen LogP contribution in [0, 0.1) is 28.6 Å². The van der Waals surface area contributed by atoms with Crippen LogP contribution in [0.15, 0.2) is 0 Å². The van der Waals surface area contributed by atoms with E-state index in [4.69, 9.17) is 0 Å². The van der Waals surface area contributed by atoms with Crippen molar-refractivity contribution in [3.05, 3.63) is 0 Å². The lowest BCUT2D eigenvalue weighted by molar-refractivity contribution is -0.141. The standard InChI is InChI=1S/C14H22N2O/c1-11-5-8-16(9-12(11)2)13(17)14(10-15)6-3-4-7-14/h11-12H,3-9H2,1-2H3. The van der Waals surface area contributed by atoms with Crippen LogP contribution in [0.1, 0.15) is 46.0 Å². The van der Waals surface area contributed by atoms with Crippen molar-refractivity contribution in [1.29, 1.82) is 5.26 Å². The summed E-state index contributed by atoms with van der Waals surface area (Å²) in [6.07, 6.45) is 4.66. The van der Waals surface area contributed by atoms with E-state index in [-0.39, 0.29) is 5.91 Å². The first-order valence-electron chi connectivity index (χ1n) is 6.80. The summed E-state index contributed by atoms with van der Waals surface area (Å²) in [5, 5.41) is 9.34. The number of hydrogen-bond acceptors (Lipinski definition) is 2. The zero-order valence-corrected chi connectivity index (χ0v) is 10.9. The molecule has 0 aromatic heterocycles. The fourth-order valence-corrected chi connectivity index (χ4v) is 3.10. The van der Waals surface area contributed by atoms with E-state index in [1.54, 1.807) is 0 Å². The molecule has 0 spiro atoms. The van der Waals surface area contributed by atoms with Crippen molar-refractivity contribution in [3.63, 3.8) is 0 Å². The largest absolute Gasteiger partial charge is 0.341 e. The van der Waals surface area contributed by atoms with Gasteiger partial charge >= 0.3 is 0 Å². The third kappa shape index (κ3) is 2.18. The minimum absolute atomic E-state index is 0.108. The summed E-state index contributed by atoms with van der Waals surface area (Å²) in [6.45, 7) is 6.14. The molecular weight excluding hydrogens is 212 g/mol. The molecule has 0 N–H and O–H groups in total. The number of likely N-dealkylation sites (tertiary alicyclic amines) is 1. The van der Waals surface area contributed by atoms with Crippen molar-refractivity contribution in [3.8, 4) is 6.07 Å². The van der Waals surface area contributed by atoms with E-state index < -0.39 is 5.41 Å². The van der Waals surface area contributed by atoms with Crippen LogP contribution >= 0.6 is 0 Å². The summed E-state index contributed by atoms with van der Waals surface area (Å²) in [6, 6.07) is 2.31. The van der Waals surface area contributed by atoms with Gasteiger partial charge in [-0.3, -0.25) is 4.79 Å². The first kappa shape index (κ1) is 12.4. The van der Waals surface area contributed by atoms with Gasteiger partial charge in [0, 0.05) is 13.1 Å². The lowest BCUT2D eigenvalue weighted by Gasteiger charge is -2.38. The maximum atomic E-state index is 12.5. The van der Waals surface area contributed by atoms with E-state index in [0.717, 1.165) is 45.2 Å². The summed E-state index contributed by atoms with van der Waals surface area (Å²) in [5.74, 6) is 1.36. The molecule has 0 aromatic carbocycles. The molecule has 94 valence electrons. The van der Waals surface area contributed by atoms with Crippen LogP contribution in [0.5, 0.6) is 0 Å². The van der Waals surface area contributed by atoms with Gasteiger partial charge in [-0.15, -0.1) is 0 Å². The Kier molecular flexibility index (Phi) is 3.42. The summed E-state index contributed by atoms with van der Waals surface area (Å²) in [4.78, 5) is 14.5. The maximum absolute atomic E-state index is 12.5. The number of carbonyl (C=O) groups is 1. The minimum atomic E-state index is -0.680. The summed E-state index contributed by atoms with van der Waals surface area (Å²) >= 11 is 0. The summed E-state index contributed by atoms with van der Waals surface area (Å²) in [5.41, 5.74) is -0.680. The Labute approximate surface area is 104 Å². The highest BCUT2D eigenvalue weighted by atomic mass is 16.2. The Morgan fingerprint density at radius 3 is 2.47 bits per heavy atom. The molecule has 2 fully saturated rings. The molecule has 0 aromatic rings. The predicted octanol–water partition coefficient (Wildman–Crippen LogP) is 2.57. The summed E-state index contributed by atoms with van der Waals surface area (Å²) in [7, 11) is 0. The maximum Gasteiger partial charge on any atom is 0.243 e. The van der Waals surface area contributed by atoms with Gasteiger partial charge in [0.1, 0.15) is 5.41 Å². The molecule has 1 amide bonds. The number of carbonyl (C=O) groups excluding carboxylic acids is 1. The van der Waals surface area contributed by atoms with Gasteiger partial charge in [0.2, 0.25) is 5.91 Å². The molecule has 0 radical (unpaired) electrons. The molecule has 2 aliphatic rings. The number of rotatable bonds is 1. The first-order valence-corrected chi connectivity index (χ1v) is 6.80. The van der Waals surface area contributed by atoms with Crippen LogP contribution in [-0.4, -0.2) is 23.9 Å². The second-order valence-corrected chi connectivity index (χ2v) is 5.90. The van der Waals surface area contributed by atoms with Crippen LogP contribution in [0.3, 0.4) is 0 Å². The van der Waals surface area contributed by atoms with E-state index in [0.29, 0.717) is 11.8 Å². The minimum Gasteiger partial charge on any atom is -0.341 e. The van der Waals surface area contributed by atoms with Crippen molar-refractivity contribution in [2.45, 2.75) is 46.0 Å². The monoisotopic (exact) mass is 234 g/mol. The Morgan fingerprint density at radius 1 is 1.29 bits per heavy atom. The zero-order chi connectivity index (χ0) is 12.5. The van der Waals surface area contributed by atoms with Crippen LogP contribution in [-0.2, 0) is 4.79 Å². The van der Waals surface area contributed by atoms with Crippen molar-refractivity contribution in [2.24, 2.45) is 17.3 Å². The SMILES string of the molecule is CC1CCN(C(=O)C2(C#N)CCCC2)CC1C. The van der Waals surface area contributed by atoms with Crippen molar-refractivity contribution in [2.75, 3.05) is 13.1 Å². The molecule has 17 heavy (non-hydrogen) atoms. The van der Waals surface area contributed by atoms with Gasteiger partial charge < -0.3 is 4.90 Å². The van der Waals surface area contributed by atoms with E-state index in [1.165, 1.54) is 0 Å². The molecule has 1 saturated heterocycles. The first-order chi connectivity index (χ1) is 8.09. The van der Waals surface area contributed by atoms with Gasteiger partial charge in [0.05, 0.1) is 6.07 Å². The Morgan fingerprint density at radius 2 is 1.94 bits per heavy atom. The number of nitrogens with zero attached hydrogens (tertiary/aromatic N) is 2. The van der Waals surface area contributed by atoms with E-state index in [1.807, 2.05) is 4.90 Å². The van der Waals surface area contributed by atoms with Crippen LogP contribution in [0.2, 0.25) is 0 Å². The van der Waals surface area contributed by atoms with Crippen LogP contribution < -0.4 is 0 Å². The van der Waals surface area contributed by atoms with Crippen molar-refractivity contribution in [1.82, 2.24) is 4.90 Å². The smallest absolute Gasteiger partial charge is 0.243 e. The van der Waals surface area contributed by atoms with Crippen LogP contribution in [0.4, 0.5) is 0 Å². The molecule has 2 unspecified atom stereocenters. The number of hydrogen-bond donors (Lipinski definition) is 0. The molecule has 1 aliphatic carbocycles. The van der Waals surface area contributed by atoms with Gasteiger partial charge in [-0.25, -0.2) is 0 Å². The number of piperidine rings is 1. The lowest BCUT2D eigenvalue weighted by Crippen LogP contribution is -2.48. The van der Waals surface area contributed by atoms with Gasteiger partial charge in [-0.1, -0.05) is 26.7 Å². The lowest BCUT2D eigenvalue weighted by atomic mass is 9.83. The highest BCUT2D eigenvalue weighted by Crippen LogP contribution is 2.40. The van der Waals surface area contributed by atoms with Gasteiger partial charge in [-0.05, 0) is 31.1 Å². The highest BCUT2D eigenvalue weighted by Gasteiger charge is 2.44. The average Bonchev–Trinajstić information content (AvgIpc) is 2.81. The highest BCUT2D eigenvalue weighted by molar-refractivity contribution is 5.85. The van der Waals surface area contributed by atoms with E-state index in [9.17, 15) is 10.1 Å². The molecule has 1 aliphatic heterocycles. The van der Waals surface area contributed by atoms with Crippen LogP contribution in [0.25, 0.3) is 0 Å².